The molecule has 130 valence electrons. The molecule has 25 heavy (non-hydrogen) atoms. The van der Waals surface area contributed by atoms with Crippen molar-refractivity contribution in [2.24, 2.45) is 0 Å². The van der Waals surface area contributed by atoms with Crippen LogP contribution in [0, 0.1) is 0 Å². The highest BCUT2D eigenvalue weighted by Gasteiger charge is 2.44. The van der Waals surface area contributed by atoms with Crippen molar-refractivity contribution in [3.8, 4) is 11.3 Å². The lowest BCUT2D eigenvalue weighted by Crippen LogP contribution is -2.33. The van der Waals surface area contributed by atoms with Crippen molar-refractivity contribution in [3.63, 3.8) is 0 Å². The van der Waals surface area contributed by atoms with Gasteiger partial charge in [-0.1, -0.05) is 23.7 Å². The summed E-state index contributed by atoms with van der Waals surface area (Å²) in [6.07, 6.45) is -1.29. The number of rotatable bonds is 3. The number of imidazole rings is 1. The van der Waals surface area contributed by atoms with E-state index in [1.807, 2.05) is 12.1 Å². The van der Waals surface area contributed by atoms with E-state index in [9.17, 15) is 15.3 Å². The molecule has 0 amide bonds. The Bertz CT molecular complexity index is 901. The van der Waals surface area contributed by atoms with E-state index < -0.39 is 31.1 Å². The standard InChI is InChI=1S/C16H15ClN4O4/c17-9-3-1-8(2-4-9)11-12-15(19-6-18-11)21(7-20-12)16-14(24)13(23)10(5-22)25-16/h1-4,6-7,10,13-14,16,22-24H,5H2/t10-,13-,14-,16-/m1/s1. The average molecular weight is 363 g/mol. The zero-order chi connectivity index (χ0) is 17.6. The molecule has 8 nitrogen and oxygen atoms in total. The van der Waals surface area contributed by atoms with Gasteiger partial charge in [0.25, 0.3) is 0 Å². The Morgan fingerprint density at radius 1 is 1.08 bits per heavy atom. The second-order valence-corrected chi connectivity index (χ2v) is 6.22. The van der Waals surface area contributed by atoms with Crippen LogP contribution in [0.15, 0.2) is 36.9 Å². The summed E-state index contributed by atoms with van der Waals surface area (Å²) in [6, 6.07) is 7.17. The number of fused-ring (bicyclic) bond motifs is 1. The van der Waals surface area contributed by atoms with Gasteiger partial charge in [-0.3, -0.25) is 4.57 Å². The molecule has 0 aliphatic carbocycles. The number of hydrogen-bond acceptors (Lipinski definition) is 7. The molecule has 1 aliphatic heterocycles. The highest BCUT2D eigenvalue weighted by Crippen LogP contribution is 2.33. The fourth-order valence-electron chi connectivity index (χ4n) is 2.97. The molecule has 1 aliphatic rings. The number of benzene rings is 1. The first kappa shape index (κ1) is 16.4. The third-order valence-electron chi connectivity index (χ3n) is 4.27. The molecule has 0 unspecified atom stereocenters. The number of ether oxygens (including phenoxy) is 1. The summed E-state index contributed by atoms with van der Waals surface area (Å²) in [4.78, 5) is 12.9. The van der Waals surface area contributed by atoms with E-state index in [1.54, 1.807) is 12.1 Å². The molecule has 3 aromatic rings. The summed E-state index contributed by atoms with van der Waals surface area (Å²) < 4.78 is 7.07. The summed E-state index contributed by atoms with van der Waals surface area (Å²) in [6.45, 7) is -0.396. The van der Waals surface area contributed by atoms with Gasteiger partial charge in [-0.05, 0) is 12.1 Å². The van der Waals surface area contributed by atoms with Crippen molar-refractivity contribution >= 4 is 22.8 Å². The lowest BCUT2D eigenvalue weighted by molar-refractivity contribution is -0.0511. The molecule has 0 bridgehead atoms. The van der Waals surface area contributed by atoms with Crippen LogP contribution in [-0.4, -0.2) is 59.8 Å². The van der Waals surface area contributed by atoms with Crippen LogP contribution in [0.2, 0.25) is 5.02 Å². The molecular formula is C16H15ClN4O4. The SMILES string of the molecule is OC[C@H]1O[C@@H](n2cnc3c(-c4ccc(Cl)cc4)ncnc32)[C@H](O)[C@@H]1O. The van der Waals surface area contributed by atoms with Gasteiger partial charge in [-0.25, -0.2) is 15.0 Å². The van der Waals surface area contributed by atoms with Gasteiger partial charge in [-0.2, -0.15) is 0 Å². The van der Waals surface area contributed by atoms with E-state index in [1.165, 1.54) is 17.2 Å². The maximum absolute atomic E-state index is 10.2. The van der Waals surface area contributed by atoms with Crippen LogP contribution in [0.25, 0.3) is 22.4 Å². The summed E-state index contributed by atoms with van der Waals surface area (Å²) >= 11 is 5.92. The monoisotopic (exact) mass is 362 g/mol. The minimum absolute atomic E-state index is 0.396. The largest absolute Gasteiger partial charge is 0.394 e. The molecule has 1 fully saturated rings. The van der Waals surface area contributed by atoms with Gasteiger partial charge in [0.15, 0.2) is 11.9 Å². The van der Waals surface area contributed by atoms with Crippen LogP contribution in [0.5, 0.6) is 0 Å². The molecule has 0 saturated carbocycles. The first-order valence-electron chi connectivity index (χ1n) is 7.66. The third kappa shape index (κ3) is 2.68. The van der Waals surface area contributed by atoms with Gasteiger partial charge in [0.2, 0.25) is 0 Å². The van der Waals surface area contributed by atoms with Crippen molar-refractivity contribution in [2.45, 2.75) is 24.5 Å². The van der Waals surface area contributed by atoms with Crippen molar-refractivity contribution < 1.29 is 20.1 Å². The highest BCUT2D eigenvalue weighted by molar-refractivity contribution is 6.30. The lowest BCUT2D eigenvalue weighted by Gasteiger charge is -2.16. The number of aliphatic hydroxyl groups is 3. The molecule has 9 heteroatoms. The second-order valence-electron chi connectivity index (χ2n) is 5.78. The molecule has 0 spiro atoms. The molecule has 2 aromatic heterocycles. The van der Waals surface area contributed by atoms with Gasteiger partial charge in [0, 0.05) is 10.6 Å². The lowest BCUT2D eigenvalue weighted by atomic mass is 10.1. The Hall–Kier alpha value is -2.10. The third-order valence-corrected chi connectivity index (χ3v) is 4.52. The van der Waals surface area contributed by atoms with Crippen LogP contribution in [0.3, 0.4) is 0 Å². The Labute approximate surface area is 147 Å². The minimum atomic E-state index is -1.21. The van der Waals surface area contributed by atoms with Crippen LogP contribution < -0.4 is 0 Å². The van der Waals surface area contributed by atoms with Crippen LogP contribution >= 0.6 is 11.6 Å². The minimum Gasteiger partial charge on any atom is -0.394 e. The molecule has 1 aromatic carbocycles. The van der Waals surface area contributed by atoms with Gasteiger partial charge in [-0.15, -0.1) is 0 Å². The maximum atomic E-state index is 10.2. The Kier molecular flexibility index (Phi) is 4.14. The van der Waals surface area contributed by atoms with Crippen molar-refractivity contribution in [3.05, 3.63) is 41.9 Å². The van der Waals surface area contributed by atoms with Crippen LogP contribution in [0.1, 0.15) is 6.23 Å². The molecule has 3 N–H and O–H groups in total. The molecule has 0 radical (unpaired) electrons. The van der Waals surface area contributed by atoms with E-state index in [4.69, 9.17) is 16.3 Å². The fraction of sp³-hybridized carbons (Fsp3) is 0.312. The maximum Gasteiger partial charge on any atom is 0.166 e. The first-order chi connectivity index (χ1) is 12.1. The van der Waals surface area contributed by atoms with E-state index in [0.29, 0.717) is 21.9 Å². The number of aromatic nitrogens is 4. The number of hydrogen-bond donors (Lipinski definition) is 3. The summed E-state index contributed by atoms with van der Waals surface area (Å²) in [7, 11) is 0. The zero-order valence-electron chi connectivity index (χ0n) is 12.9. The number of nitrogens with zero attached hydrogens (tertiary/aromatic N) is 4. The summed E-state index contributed by atoms with van der Waals surface area (Å²) in [5.74, 6) is 0. The number of aliphatic hydroxyl groups excluding tert-OH is 3. The summed E-state index contributed by atoms with van der Waals surface area (Å²) in [5.41, 5.74) is 2.42. The average Bonchev–Trinajstić information content (AvgIpc) is 3.17. The van der Waals surface area contributed by atoms with Crippen molar-refractivity contribution in [1.29, 1.82) is 0 Å². The Morgan fingerprint density at radius 3 is 2.52 bits per heavy atom. The van der Waals surface area contributed by atoms with Gasteiger partial charge >= 0.3 is 0 Å². The quantitative estimate of drug-likeness (QED) is 0.630. The molecule has 4 atom stereocenters. The van der Waals surface area contributed by atoms with E-state index in [0.717, 1.165) is 5.56 Å². The van der Waals surface area contributed by atoms with Gasteiger partial charge in [0.05, 0.1) is 12.9 Å². The summed E-state index contributed by atoms with van der Waals surface area (Å²) in [5, 5.41) is 30.0. The molecule has 4 rings (SSSR count). The number of halogens is 1. The molecule has 3 heterocycles. The van der Waals surface area contributed by atoms with Gasteiger partial charge in [0.1, 0.15) is 35.8 Å². The Morgan fingerprint density at radius 2 is 1.84 bits per heavy atom. The second kappa shape index (κ2) is 6.32. The zero-order valence-corrected chi connectivity index (χ0v) is 13.7. The predicted molar refractivity (Wildman–Crippen MR) is 88.8 cm³/mol. The molecule has 1 saturated heterocycles. The molecular weight excluding hydrogens is 348 g/mol. The fourth-order valence-corrected chi connectivity index (χ4v) is 3.09. The van der Waals surface area contributed by atoms with Crippen molar-refractivity contribution in [1.82, 2.24) is 19.5 Å². The first-order valence-corrected chi connectivity index (χ1v) is 8.04. The van der Waals surface area contributed by atoms with Gasteiger partial charge < -0.3 is 20.1 Å². The normalized spacial score (nSPS) is 26.4. The topological polar surface area (TPSA) is 114 Å². The van der Waals surface area contributed by atoms with E-state index in [-0.39, 0.29) is 0 Å². The van der Waals surface area contributed by atoms with E-state index >= 15 is 0 Å². The van der Waals surface area contributed by atoms with Crippen LogP contribution in [-0.2, 0) is 4.74 Å². The highest BCUT2D eigenvalue weighted by atomic mass is 35.5. The Balaban J connectivity index is 1.78. The van der Waals surface area contributed by atoms with Crippen LogP contribution in [0.4, 0.5) is 0 Å². The predicted octanol–water partition coefficient (Wildman–Crippen LogP) is 0.758. The van der Waals surface area contributed by atoms with Crippen molar-refractivity contribution in [2.75, 3.05) is 6.61 Å². The smallest absolute Gasteiger partial charge is 0.166 e. The van der Waals surface area contributed by atoms with E-state index in [2.05, 4.69) is 15.0 Å².